The van der Waals surface area contributed by atoms with Crippen LogP contribution >= 0.6 is 22.7 Å². The Labute approximate surface area is 344 Å². The van der Waals surface area contributed by atoms with Gasteiger partial charge in [0.05, 0.1) is 17.1 Å². The van der Waals surface area contributed by atoms with Crippen LogP contribution in [0.4, 0.5) is 32.9 Å². The molecule has 13 rings (SSSR count). The fourth-order valence-electron chi connectivity index (χ4n) is 8.55. The molecular formula is C51H29N3O3S2. The Morgan fingerprint density at radius 3 is 1.34 bits per heavy atom. The molecule has 8 heteroatoms. The van der Waals surface area contributed by atoms with E-state index in [0.717, 1.165) is 98.7 Å². The van der Waals surface area contributed by atoms with Gasteiger partial charge in [0.1, 0.15) is 49.3 Å². The molecule has 6 heterocycles. The molecule has 0 amide bonds. The quantitative estimate of drug-likeness (QED) is 0.167. The zero-order valence-corrected chi connectivity index (χ0v) is 32.8. The highest BCUT2D eigenvalue weighted by Gasteiger charge is 2.23. The lowest BCUT2D eigenvalue weighted by molar-refractivity contribution is 0.668. The zero-order valence-electron chi connectivity index (χ0n) is 31.1. The second-order valence-corrected chi connectivity index (χ2v) is 16.9. The van der Waals surface area contributed by atoms with Gasteiger partial charge in [0, 0.05) is 72.2 Å². The van der Waals surface area contributed by atoms with E-state index in [-0.39, 0.29) is 0 Å². The first-order valence-corrected chi connectivity index (χ1v) is 21.0. The SMILES string of the molecule is c1ccc2sc(N(c3ccc4c(c3)oc3ccccc34)c3ccc4c(c3)oc3cc(N(c5ccc6c(c5)oc5ccccc56)c5cc6ccccc6s5)ncc34)cc2c1. The van der Waals surface area contributed by atoms with Crippen LogP contribution in [0.2, 0.25) is 0 Å². The zero-order chi connectivity index (χ0) is 38.6. The first-order chi connectivity index (χ1) is 29.2. The van der Waals surface area contributed by atoms with Gasteiger partial charge in [-0.1, -0.05) is 72.8 Å². The summed E-state index contributed by atoms with van der Waals surface area (Å²) >= 11 is 3.50. The first-order valence-electron chi connectivity index (χ1n) is 19.4. The summed E-state index contributed by atoms with van der Waals surface area (Å²) in [5.41, 5.74) is 7.91. The molecule has 0 radical (unpaired) electrons. The van der Waals surface area contributed by atoms with Crippen LogP contribution in [0.1, 0.15) is 0 Å². The predicted octanol–water partition coefficient (Wildman–Crippen LogP) is 16.1. The predicted molar refractivity (Wildman–Crippen MR) is 246 cm³/mol. The van der Waals surface area contributed by atoms with Crippen LogP contribution in [-0.2, 0) is 0 Å². The summed E-state index contributed by atoms with van der Waals surface area (Å²) in [6, 6.07) is 59.3. The second-order valence-electron chi connectivity index (χ2n) is 14.8. The van der Waals surface area contributed by atoms with Gasteiger partial charge >= 0.3 is 0 Å². The Hall–Kier alpha value is -7.39. The number of fused-ring (bicyclic) bond motifs is 11. The van der Waals surface area contributed by atoms with Gasteiger partial charge in [0.25, 0.3) is 0 Å². The molecule has 13 aromatic rings. The fraction of sp³-hybridized carbons (Fsp3) is 0. The summed E-state index contributed by atoms with van der Waals surface area (Å²) in [7, 11) is 0. The molecular weight excluding hydrogens is 767 g/mol. The van der Waals surface area contributed by atoms with E-state index in [2.05, 4.69) is 149 Å². The van der Waals surface area contributed by atoms with Crippen molar-refractivity contribution >= 4 is 142 Å². The number of nitrogens with zero attached hydrogens (tertiary/aromatic N) is 3. The number of thiophene rings is 2. The maximum absolute atomic E-state index is 6.79. The standard InChI is InChI=1S/C51H29N3O3S2/c1-7-15-47-30(9-1)23-50(58-47)53(32-17-20-37-35-11-3-5-13-41(35)55-43(37)25-32)33-18-22-39-40-29-52-49(28-46(40)57-45(39)26-33)54(51-24-31-10-2-8-16-48(31)59-51)34-19-21-38-36-12-4-6-14-42(36)56-44(38)27-34/h1-29H. The fourth-order valence-corrected chi connectivity index (χ4v) is 10.7. The number of hydrogen-bond acceptors (Lipinski definition) is 8. The van der Waals surface area contributed by atoms with Gasteiger partial charge in [-0.15, -0.1) is 22.7 Å². The van der Waals surface area contributed by atoms with Gasteiger partial charge in [0.15, 0.2) is 0 Å². The summed E-state index contributed by atoms with van der Waals surface area (Å²) in [5.74, 6) is 0.754. The maximum atomic E-state index is 6.79. The van der Waals surface area contributed by atoms with Crippen molar-refractivity contribution in [3.8, 4) is 0 Å². The minimum atomic E-state index is 0.754. The Morgan fingerprint density at radius 2 is 0.780 bits per heavy atom. The van der Waals surface area contributed by atoms with Crippen LogP contribution in [0.15, 0.2) is 189 Å². The van der Waals surface area contributed by atoms with Crippen LogP contribution in [0, 0.1) is 0 Å². The lowest BCUT2D eigenvalue weighted by atomic mass is 10.1. The van der Waals surface area contributed by atoms with E-state index < -0.39 is 0 Å². The van der Waals surface area contributed by atoms with Crippen molar-refractivity contribution in [3.63, 3.8) is 0 Å². The van der Waals surface area contributed by atoms with Crippen molar-refractivity contribution in [1.29, 1.82) is 0 Å². The molecule has 59 heavy (non-hydrogen) atoms. The Kier molecular flexibility index (Phi) is 6.95. The second kappa shape index (κ2) is 12.6. The lowest BCUT2D eigenvalue weighted by Gasteiger charge is -2.23. The largest absolute Gasteiger partial charge is 0.456 e. The molecule has 0 saturated carbocycles. The van der Waals surface area contributed by atoms with E-state index in [9.17, 15) is 0 Å². The monoisotopic (exact) mass is 795 g/mol. The van der Waals surface area contributed by atoms with E-state index in [1.807, 2.05) is 36.5 Å². The van der Waals surface area contributed by atoms with Gasteiger partial charge in [0.2, 0.25) is 0 Å². The molecule has 278 valence electrons. The van der Waals surface area contributed by atoms with Crippen molar-refractivity contribution in [1.82, 2.24) is 4.98 Å². The average Bonchev–Trinajstić information content (AvgIpc) is 4.10. The molecule has 0 aliphatic rings. The topological polar surface area (TPSA) is 58.8 Å². The van der Waals surface area contributed by atoms with E-state index in [4.69, 9.17) is 18.2 Å². The van der Waals surface area contributed by atoms with Crippen molar-refractivity contribution in [2.24, 2.45) is 0 Å². The van der Waals surface area contributed by atoms with Crippen LogP contribution in [0.5, 0.6) is 0 Å². The minimum absolute atomic E-state index is 0.754. The van der Waals surface area contributed by atoms with Gasteiger partial charge < -0.3 is 18.2 Å². The first kappa shape index (κ1) is 32.7. The molecule has 0 N–H and O–H groups in total. The number of rotatable bonds is 6. The number of hydrogen-bond donors (Lipinski definition) is 0. The molecule has 0 aliphatic heterocycles. The van der Waals surface area contributed by atoms with Crippen LogP contribution in [-0.4, -0.2) is 4.98 Å². The smallest absolute Gasteiger partial charge is 0.141 e. The van der Waals surface area contributed by atoms with Gasteiger partial charge in [-0.2, -0.15) is 0 Å². The third-order valence-electron chi connectivity index (χ3n) is 11.3. The minimum Gasteiger partial charge on any atom is -0.456 e. The molecule has 0 atom stereocenters. The van der Waals surface area contributed by atoms with Crippen LogP contribution in [0.25, 0.3) is 86.0 Å². The van der Waals surface area contributed by atoms with Gasteiger partial charge in [-0.05, 0) is 83.6 Å². The highest BCUT2D eigenvalue weighted by Crippen LogP contribution is 2.47. The van der Waals surface area contributed by atoms with E-state index >= 15 is 0 Å². The number of pyridine rings is 1. The molecule has 7 aromatic carbocycles. The number of aromatic nitrogens is 1. The number of benzene rings is 7. The van der Waals surface area contributed by atoms with Crippen molar-refractivity contribution < 1.29 is 13.3 Å². The third-order valence-corrected chi connectivity index (χ3v) is 13.5. The molecule has 0 bridgehead atoms. The van der Waals surface area contributed by atoms with Gasteiger partial charge in [-0.3, -0.25) is 4.90 Å². The lowest BCUT2D eigenvalue weighted by Crippen LogP contribution is -2.09. The third kappa shape index (κ3) is 5.13. The number of anilines is 6. The summed E-state index contributed by atoms with van der Waals surface area (Å²) in [4.78, 5) is 9.62. The van der Waals surface area contributed by atoms with E-state index in [1.54, 1.807) is 22.7 Å². The summed E-state index contributed by atoms with van der Waals surface area (Å²) in [6.07, 6.45) is 1.94. The number of furan rings is 3. The molecule has 0 unspecified atom stereocenters. The Morgan fingerprint density at radius 1 is 0.356 bits per heavy atom. The molecule has 6 aromatic heterocycles. The number of para-hydroxylation sites is 2. The molecule has 0 aliphatic carbocycles. The summed E-state index contributed by atoms with van der Waals surface area (Å²) in [5, 5.41) is 10.9. The molecule has 0 saturated heterocycles. The molecule has 0 fully saturated rings. The summed E-state index contributed by atoms with van der Waals surface area (Å²) in [6.45, 7) is 0. The van der Waals surface area contributed by atoms with Crippen molar-refractivity contribution in [2.45, 2.75) is 0 Å². The highest BCUT2D eigenvalue weighted by atomic mass is 32.1. The maximum Gasteiger partial charge on any atom is 0.141 e. The molecule has 6 nitrogen and oxygen atoms in total. The average molecular weight is 796 g/mol. The Balaban J connectivity index is 0.959. The normalized spacial score (nSPS) is 12.1. The highest BCUT2D eigenvalue weighted by molar-refractivity contribution is 7.23. The summed E-state index contributed by atoms with van der Waals surface area (Å²) < 4.78 is 22.0. The van der Waals surface area contributed by atoms with Gasteiger partial charge in [-0.25, -0.2) is 4.98 Å². The van der Waals surface area contributed by atoms with Crippen molar-refractivity contribution in [2.75, 3.05) is 9.80 Å². The van der Waals surface area contributed by atoms with E-state index in [0.29, 0.717) is 0 Å². The van der Waals surface area contributed by atoms with Crippen LogP contribution in [0.3, 0.4) is 0 Å². The van der Waals surface area contributed by atoms with Crippen LogP contribution < -0.4 is 9.80 Å². The molecule has 0 spiro atoms. The van der Waals surface area contributed by atoms with Crippen molar-refractivity contribution in [3.05, 3.63) is 176 Å². The van der Waals surface area contributed by atoms with E-state index in [1.165, 1.54) is 20.2 Å². The Bertz CT molecular complexity index is 3480.